The second kappa shape index (κ2) is 5.83. The van der Waals surface area contributed by atoms with Crippen molar-refractivity contribution in [3.8, 4) is 0 Å². The van der Waals surface area contributed by atoms with Crippen LogP contribution in [0.3, 0.4) is 0 Å². The fourth-order valence-corrected chi connectivity index (χ4v) is 2.04. The Kier molecular flexibility index (Phi) is 4.69. The molecule has 0 saturated heterocycles. The summed E-state index contributed by atoms with van der Waals surface area (Å²) in [5.74, 6) is -0.166. The maximum absolute atomic E-state index is 11.3. The number of carbonyl (C=O) groups excluding carboxylic acids is 1. The van der Waals surface area contributed by atoms with Gasteiger partial charge in [-0.15, -0.1) is 0 Å². The SMILES string of the molecule is Cc1cc(NC(=O)CCN)ccc1NS(C)(=O)=O. The molecule has 0 fully saturated rings. The summed E-state index contributed by atoms with van der Waals surface area (Å²) < 4.78 is 24.6. The molecule has 0 bridgehead atoms. The fraction of sp³-hybridized carbons (Fsp3) is 0.364. The molecule has 0 radical (unpaired) electrons. The summed E-state index contributed by atoms with van der Waals surface area (Å²) >= 11 is 0. The van der Waals surface area contributed by atoms with E-state index >= 15 is 0 Å². The first kappa shape index (κ1) is 14.5. The van der Waals surface area contributed by atoms with Gasteiger partial charge >= 0.3 is 0 Å². The van der Waals surface area contributed by atoms with Crippen molar-refractivity contribution in [2.45, 2.75) is 13.3 Å². The minimum absolute atomic E-state index is 0.166. The molecule has 18 heavy (non-hydrogen) atoms. The standard InChI is InChI=1S/C11H17N3O3S/c1-8-7-9(13-11(15)5-6-12)3-4-10(8)14-18(2,16)17/h3-4,7,14H,5-6,12H2,1-2H3,(H,13,15). The van der Waals surface area contributed by atoms with Crippen molar-refractivity contribution in [1.82, 2.24) is 0 Å². The summed E-state index contributed by atoms with van der Waals surface area (Å²) in [6.07, 6.45) is 1.34. The normalized spacial score (nSPS) is 11.1. The number of nitrogens with one attached hydrogen (secondary N) is 2. The molecule has 6 nitrogen and oxygen atoms in total. The fourth-order valence-electron chi connectivity index (χ4n) is 1.41. The van der Waals surface area contributed by atoms with Crippen LogP contribution in [0, 0.1) is 6.92 Å². The first-order valence-corrected chi connectivity index (χ1v) is 7.29. The molecule has 4 N–H and O–H groups in total. The summed E-state index contributed by atoms with van der Waals surface area (Å²) in [6.45, 7) is 2.05. The second-order valence-electron chi connectivity index (χ2n) is 3.99. The summed E-state index contributed by atoms with van der Waals surface area (Å²) in [5.41, 5.74) is 7.11. The third kappa shape index (κ3) is 4.72. The Balaban J connectivity index is 2.83. The largest absolute Gasteiger partial charge is 0.330 e. The van der Waals surface area contributed by atoms with E-state index in [0.717, 1.165) is 11.8 Å². The number of rotatable bonds is 5. The third-order valence-electron chi connectivity index (χ3n) is 2.18. The molecule has 0 aliphatic heterocycles. The maximum Gasteiger partial charge on any atom is 0.229 e. The van der Waals surface area contributed by atoms with Crippen molar-refractivity contribution in [2.75, 3.05) is 22.8 Å². The number of carbonyl (C=O) groups is 1. The lowest BCUT2D eigenvalue weighted by Gasteiger charge is -2.10. The highest BCUT2D eigenvalue weighted by Crippen LogP contribution is 2.20. The second-order valence-corrected chi connectivity index (χ2v) is 5.74. The van der Waals surface area contributed by atoms with E-state index in [-0.39, 0.29) is 12.3 Å². The summed E-state index contributed by atoms with van der Waals surface area (Å²) in [5, 5.41) is 2.68. The molecule has 0 aliphatic rings. The van der Waals surface area contributed by atoms with Crippen LogP contribution in [-0.2, 0) is 14.8 Å². The van der Waals surface area contributed by atoms with Gasteiger partial charge in [-0.2, -0.15) is 0 Å². The van der Waals surface area contributed by atoms with Crippen molar-refractivity contribution in [3.63, 3.8) is 0 Å². The topological polar surface area (TPSA) is 101 Å². The van der Waals surface area contributed by atoms with Gasteiger partial charge in [0.1, 0.15) is 0 Å². The number of anilines is 2. The Morgan fingerprint density at radius 2 is 2.06 bits per heavy atom. The van der Waals surface area contributed by atoms with Crippen LogP contribution in [0.1, 0.15) is 12.0 Å². The van der Waals surface area contributed by atoms with E-state index in [0.29, 0.717) is 17.9 Å². The highest BCUT2D eigenvalue weighted by Gasteiger charge is 2.07. The number of hydrogen-bond acceptors (Lipinski definition) is 4. The van der Waals surface area contributed by atoms with Crippen molar-refractivity contribution in [2.24, 2.45) is 5.73 Å². The maximum atomic E-state index is 11.3. The van der Waals surface area contributed by atoms with Gasteiger partial charge in [-0.05, 0) is 30.7 Å². The molecular formula is C11H17N3O3S. The Morgan fingerprint density at radius 1 is 1.39 bits per heavy atom. The van der Waals surface area contributed by atoms with Crippen LogP contribution in [0.2, 0.25) is 0 Å². The van der Waals surface area contributed by atoms with Gasteiger partial charge in [0.15, 0.2) is 0 Å². The lowest BCUT2D eigenvalue weighted by Crippen LogP contribution is -2.16. The molecule has 1 aromatic rings. The zero-order chi connectivity index (χ0) is 13.8. The molecule has 0 atom stereocenters. The molecule has 0 aliphatic carbocycles. The molecule has 0 aromatic heterocycles. The van der Waals surface area contributed by atoms with Crippen molar-refractivity contribution in [3.05, 3.63) is 23.8 Å². The number of aryl methyl sites for hydroxylation is 1. The van der Waals surface area contributed by atoms with Crippen LogP contribution >= 0.6 is 0 Å². The molecule has 0 heterocycles. The van der Waals surface area contributed by atoms with Gasteiger partial charge in [-0.3, -0.25) is 9.52 Å². The average molecular weight is 271 g/mol. The van der Waals surface area contributed by atoms with Gasteiger partial charge in [-0.1, -0.05) is 0 Å². The number of amides is 1. The summed E-state index contributed by atoms with van der Waals surface area (Å²) in [7, 11) is -3.30. The number of nitrogens with two attached hydrogens (primary N) is 1. The molecule has 1 amide bonds. The molecule has 0 saturated carbocycles. The molecular weight excluding hydrogens is 254 g/mol. The van der Waals surface area contributed by atoms with E-state index < -0.39 is 10.0 Å². The molecule has 100 valence electrons. The van der Waals surface area contributed by atoms with E-state index in [1.165, 1.54) is 0 Å². The number of benzene rings is 1. The molecule has 7 heteroatoms. The number of hydrogen-bond donors (Lipinski definition) is 3. The van der Waals surface area contributed by atoms with Crippen LogP contribution in [0.25, 0.3) is 0 Å². The van der Waals surface area contributed by atoms with Crippen molar-refractivity contribution >= 4 is 27.3 Å². The van der Waals surface area contributed by atoms with E-state index in [2.05, 4.69) is 10.0 Å². The first-order chi connectivity index (χ1) is 8.31. The van der Waals surface area contributed by atoms with Gasteiger partial charge in [0, 0.05) is 18.7 Å². The number of sulfonamides is 1. The van der Waals surface area contributed by atoms with Crippen LogP contribution in [0.5, 0.6) is 0 Å². The molecule has 1 rings (SSSR count). The lowest BCUT2D eigenvalue weighted by molar-refractivity contribution is -0.116. The van der Waals surface area contributed by atoms with Crippen molar-refractivity contribution < 1.29 is 13.2 Å². The minimum atomic E-state index is -3.30. The van der Waals surface area contributed by atoms with Gasteiger partial charge in [0.2, 0.25) is 15.9 Å². The van der Waals surface area contributed by atoms with E-state index in [1.807, 2.05) is 0 Å². The van der Waals surface area contributed by atoms with Crippen molar-refractivity contribution in [1.29, 1.82) is 0 Å². The monoisotopic (exact) mass is 271 g/mol. The predicted molar refractivity (Wildman–Crippen MR) is 71.9 cm³/mol. The Labute approximate surface area is 107 Å². The highest BCUT2D eigenvalue weighted by atomic mass is 32.2. The zero-order valence-electron chi connectivity index (χ0n) is 10.4. The Hall–Kier alpha value is -1.60. The van der Waals surface area contributed by atoms with Gasteiger partial charge in [-0.25, -0.2) is 8.42 Å². The first-order valence-electron chi connectivity index (χ1n) is 5.40. The van der Waals surface area contributed by atoms with E-state index in [9.17, 15) is 13.2 Å². The Bertz CT molecular complexity index is 540. The molecule has 0 unspecified atom stereocenters. The van der Waals surface area contributed by atoms with Crippen LogP contribution < -0.4 is 15.8 Å². The minimum Gasteiger partial charge on any atom is -0.330 e. The van der Waals surface area contributed by atoms with Crippen LogP contribution in [-0.4, -0.2) is 27.1 Å². The zero-order valence-corrected chi connectivity index (χ0v) is 11.2. The quantitative estimate of drug-likeness (QED) is 0.732. The van der Waals surface area contributed by atoms with Gasteiger partial charge in [0.05, 0.1) is 11.9 Å². The highest BCUT2D eigenvalue weighted by molar-refractivity contribution is 7.92. The average Bonchev–Trinajstić information content (AvgIpc) is 2.21. The Morgan fingerprint density at radius 3 is 2.56 bits per heavy atom. The van der Waals surface area contributed by atoms with Crippen LogP contribution in [0.15, 0.2) is 18.2 Å². The van der Waals surface area contributed by atoms with Gasteiger partial charge < -0.3 is 11.1 Å². The summed E-state index contributed by atoms with van der Waals surface area (Å²) in [6, 6.07) is 4.94. The predicted octanol–water partition coefficient (Wildman–Crippen LogP) is 0.654. The third-order valence-corrected chi connectivity index (χ3v) is 2.77. The van der Waals surface area contributed by atoms with Crippen LogP contribution in [0.4, 0.5) is 11.4 Å². The smallest absolute Gasteiger partial charge is 0.229 e. The van der Waals surface area contributed by atoms with E-state index in [1.54, 1.807) is 25.1 Å². The van der Waals surface area contributed by atoms with E-state index in [4.69, 9.17) is 5.73 Å². The van der Waals surface area contributed by atoms with Gasteiger partial charge in [0.25, 0.3) is 0 Å². The molecule has 1 aromatic carbocycles. The summed E-state index contributed by atoms with van der Waals surface area (Å²) in [4.78, 5) is 11.3. The lowest BCUT2D eigenvalue weighted by atomic mass is 10.2. The molecule has 0 spiro atoms.